The summed E-state index contributed by atoms with van der Waals surface area (Å²) >= 11 is 0. The van der Waals surface area contributed by atoms with Crippen molar-refractivity contribution in [3.05, 3.63) is 0 Å². The van der Waals surface area contributed by atoms with Gasteiger partial charge >= 0.3 is 0 Å². The lowest BCUT2D eigenvalue weighted by Gasteiger charge is -2.41. The molecule has 2 saturated carbocycles. The summed E-state index contributed by atoms with van der Waals surface area (Å²) in [6, 6.07) is 0.518. The van der Waals surface area contributed by atoms with Gasteiger partial charge in [0.1, 0.15) is 0 Å². The van der Waals surface area contributed by atoms with Crippen LogP contribution < -0.4 is 11.1 Å². The van der Waals surface area contributed by atoms with Crippen molar-refractivity contribution in [3.8, 4) is 0 Å². The van der Waals surface area contributed by atoms with Gasteiger partial charge in [-0.2, -0.15) is 0 Å². The summed E-state index contributed by atoms with van der Waals surface area (Å²) in [6.45, 7) is 2.89. The molecule has 0 aromatic heterocycles. The van der Waals surface area contributed by atoms with Crippen LogP contribution in [0.5, 0.6) is 0 Å². The molecule has 3 aliphatic rings. The van der Waals surface area contributed by atoms with Crippen molar-refractivity contribution in [3.63, 3.8) is 0 Å². The topological polar surface area (TPSA) is 75.4 Å². The van der Waals surface area contributed by atoms with E-state index in [1.165, 1.54) is 32.1 Å². The normalized spacial score (nSPS) is 30.4. The average molecular weight is 400 g/mol. The molecular formula is C21H38ClN3O2. The van der Waals surface area contributed by atoms with Crippen LogP contribution in [0.3, 0.4) is 0 Å². The van der Waals surface area contributed by atoms with Gasteiger partial charge in [0.15, 0.2) is 0 Å². The number of nitrogens with one attached hydrogen (secondary N) is 1. The summed E-state index contributed by atoms with van der Waals surface area (Å²) in [6.07, 6.45) is 12.7. The Morgan fingerprint density at radius 3 is 2.26 bits per heavy atom. The molecule has 0 spiro atoms. The molecule has 3 fully saturated rings. The molecule has 2 aliphatic carbocycles. The third-order valence-corrected chi connectivity index (χ3v) is 6.83. The summed E-state index contributed by atoms with van der Waals surface area (Å²) in [5.41, 5.74) is 6.13. The van der Waals surface area contributed by atoms with Crippen LogP contribution in [0.2, 0.25) is 0 Å². The van der Waals surface area contributed by atoms with E-state index in [0.717, 1.165) is 45.1 Å². The number of carbonyl (C=O) groups excluding carboxylic acids is 2. The molecule has 1 aliphatic heterocycles. The third-order valence-electron chi connectivity index (χ3n) is 6.83. The Hall–Kier alpha value is -0.810. The number of carbonyl (C=O) groups is 2. The van der Waals surface area contributed by atoms with Crippen LogP contribution in [-0.2, 0) is 9.59 Å². The summed E-state index contributed by atoms with van der Waals surface area (Å²) in [7, 11) is 0. The van der Waals surface area contributed by atoms with Crippen LogP contribution in [0.1, 0.15) is 84.0 Å². The summed E-state index contributed by atoms with van der Waals surface area (Å²) in [4.78, 5) is 27.3. The molecule has 0 aromatic carbocycles. The summed E-state index contributed by atoms with van der Waals surface area (Å²) in [5, 5.41) is 3.23. The van der Waals surface area contributed by atoms with Gasteiger partial charge in [-0.3, -0.25) is 9.59 Å². The number of hydrogen-bond acceptors (Lipinski definition) is 3. The molecule has 1 saturated heterocycles. The van der Waals surface area contributed by atoms with E-state index in [-0.39, 0.29) is 42.4 Å². The van der Waals surface area contributed by atoms with E-state index >= 15 is 0 Å². The van der Waals surface area contributed by atoms with E-state index < -0.39 is 0 Å². The van der Waals surface area contributed by atoms with E-state index in [9.17, 15) is 9.59 Å². The molecule has 6 heteroatoms. The molecule has 3 rings (SSSR count). The molecular weight excluding hydrogens is 362 g/mol. The van der Waals surface area contributed by atoms with Crippen LogP contribution in [0.25, 0.3) is 0 Å². The van der Waals surface area contributed by atoms with Crippen molar-refractivity contribution in [2.24, 2.45) is 17.6 Å². The van der Waals surface area contributed by atoms with Crippen molar-refractivity contribution >= 4 is 24.2 Å². The van der Waals surface area contributed by atoms with E-state index in [1.54, 1.807) is 0 Å². The fourth-order valence-corrected chi connectivity index (χ4v) is 5.26. The first kappa shape index (κ1) is 22.5. The number of amides is 2. The lowest BCUT2D eigenvalue weighted by atomic mass is 9.83. The first-order valence-electron chi connectivity index (χ1n) is 10.9. The number of nitrogens with zero attached hydrogens (tertiary/aromatic N) is 1. The van der Waals surface area contributed by atoms with Gasteiger partial charge in [-0.25, -0.2) is 0 Å². The maximum absolute atomic E-state index is 13.0. The number of rotatable bonds is 5. The lowest BCUT2D eigenvalue weighted by Crippen LogP contribution is -2.54. The molecule has 2 amide bonds. The number of piperidine rings is 1. The summed E-state index contributed by atoms with van der Waals surface area (Å²) in [5.74, 6) is 1.25. The van der Waals surface area contributed by atoms with Crippen molar-refractivity contribution < 1.29 is 9.59 Å². The maximum Gasteiger partial charge on any atom is 0.225 e. The second-order valence-electron chi connectivity index (χ2n) is 8.92. The average Bonchev–Trinajstić information content (AvgIpc) is 3.14. The smallest absolute Gasteiger partial charge is 0.225 e. The van der Waals surface area contributed by atoms with E-state index in [0.29, 0.717) is 18.2 Å². The third kappa shape index (κ3) is 6.08. The fraction of sp³-hybridized carbons (Fsp3) is 0.905. The van der Waals surface area contributed by atoms with Gasteiger partial charge in [0.2, 0.25) is 11.8 Å². The van der Waals surface area contributed by atoms with Gasteiger partial charge in [0.05, 0.1) is 0 Å². The molecule has 5 nitrogen and oxygen atoms in total. The van der Waals surface area contributed by atoms with Gasteiger partial charge in [0, 0.05) is 37.0 Å². The minimum atomic E-state index is 0. The number of halogens is 1. The van der Waals surface area contributed by atoms with Gasteiger partial charge in [-0.05, 0) is 70.6 Å². The Bertz CT molecular complexity index is 486. The van der Waals surface area contributed by atoms with Gasteiger partial charge in [0.25, 0.3) is 0 Å². The highest BCUT2D eigenvalue weighted by molar-refractivity contribution is 5.85. The lowest BCUT2D eigenvalue weighted by molar-refractivity contribution is -0.141. The Morgan fingerprint density at radius 1 is 1.00 bits per heavy atom. The monoisotopic (exact) mass is 399 g/mol. The zero-order chi connectivity index (χ0) is 18.5. The molecule has 3 N–H and O–H groups in total. The van der Waals surface area contributed by atoms with Crippen LogP contribution in [0.4, 0.5) is 0 Å². The molecule has 156 valence electrons. The fourth-order valence-electron chi connectivity index (χ4n) is 5.26. The van der Waals surface area contributed by atoms with Crippen LogP contribution in [0, 0.1) is 11.8 Å². The van der Waals surface area contributed by atoms with Crippen molar-refractivity contribution in [2.75, 3.05) is 6.54 Å². The minimum absolute atomic E-state index is 0. The van der Waals surface area contributed by atoms with Crippen molar-refractivity contribution in [1.82, 2.24) is 10.2 Å². The Morgan fingerprint density at radius 2 is 1.63 bits per heavy atom. The molecule has 0 radical (unpaired) electrons. The van der Waals surface area contributed by atoms with Gasteiger partial charge < -0.3 is 16.0 Å². The Labute approximate surface area is 170 Å². The molecule has 1 heterocycles. The van der Waals surface area contributed by atoms with Crippen LogP contribution >= 0.6 is 12.4 Å². The molecule has 27 heavy (non-hydrogen) atoms. The second kappa shape index (κ2) is 10.7. The highest BCUT2D eigenvalue weighted by atomic mass is 35.5. The van der Waals surface area contributed by atoms with Crippen molar-refractivity contribution in [2.45, 2.75) is 102 Å². The Balaban J connectivity index is 0.00000261. The van der Waals surface area contributed by atoms with Crippen LogP contribution in [0.15, 0.2) is 0 Å². The second-order valence-corrected chi connectivity index (χ2v) is 8.92. The first-order valence-corrected chi connectivity index (χ1v) is 10.9. The SMILES string of the molecule is CC(N)C1CCCCN1C(=O)C1CCC(NC(=O)CC2CCCC2)CC1.Cl. The van der Waals surface area contributed by atoms with Crippen molar-refractivity contribution in [1.29, 1.82) is 0 Å². The number of hydrogen-bond donors (Lipinski definition) is 2. The molecule has 0 aromatic rings. The van der Waals surface area contributed by atoms with Gasteiger partial charge in [-0.15, -0.1) is 12.4 Å². The maximum atomic E-state index is 13.0. The minimum Gasteiger partial charge on any atom is -0.353 e. The highest BCUT2D eigenvalue weighted by Crippen LogP contribution is 2.30. The predicted octanol–water partition coefficient (Wildman–Crippen LogP) is 3.39. The van der Waals surface area contributed by atoms with E-state index in [1.807, 2.05) is 6.92 Å². The molecule has 0 bridgehead atoms. The number of likely N-dealkylation sites (tertiary alicyclic amines) is 1. The predicted molar refractivity (Wildman–Crippen MR) is 111 cm³/mol. The standard InChI is InChI=1S/C21H37N3O2.ClH/c1-15(22)19-8-4-5-13-24(19)21(26)17-9-11-18(12-10-17)23-20(25)14-16-6-2-3-7-16;/h15-19H,2-14,22H2,1H3,(H,23,25);1H. The van der Waals surface area contributed by atoms with E-state index in [4.69, 9.17) is 5.73 Å². The highest BCUT2D eigenvalue weighted by Gasteiger charge is 2.35. The number of nitrogens with two attached hydrogens (primary N) is 1. The molecule has 2 atom stereocenters. The zero-order valence-electron chi connectivity index (χ0n) is 16.8. The van der Waals surface area contributed by atoms with Gasteiger partial charge in [-0.1, -0.05) is 12.8 Å². The van der Waals surface area contributed by atoms with Crippen LogP contribution in [-0.4, -0.2) is 41.4 Å². The Kier molecular flexibility index (Phi) is 8.87. The largest absolute Gasteiger partial charge is 0.353 e. The zero-order valence-corrected chi connectivity index (χ0v) is 17.6. The first-order chi connectivity index (χ1) is 12.5. The quantitative estimate of drug-likeness (QED) is 0.743. The molecule has 2 unspecified atom stereocenters. The van der Waals surface area contributed by atoms with E-state index in [2.05, 4.69) is 10.2 Å². The summed E-state index contributed by atoms with van der Waals surface area (Å²) < 4.78 is 0.